The number of halogens is 4. The van der Waals surface area contributed by atoms with Gasteiger partial charge in [0.05, 0.1) is 11.9 Å². The third kappa shape index (κ3) is 3.42. The second-order valence-electron chi connectivity index (χ2n) is 3.66. The summed E-state index contributed by atoms with van der Waals surface area (Å²) in [5, 5.41) is 0. The van der Waals surface area contributed by atoms with Crippen LogP contribution in [0.2, 0.25) is 0 Å². The van der Waals surface area contributed by atoms with Gasteiger partial charge in [0.25, 0.3) is 10.1 Å². The Balaban J connectivity index is 3.39. The summed E-state index contributed by atoms with van der Waals surface area (Å²) in [6, 6.07) is 3.77. The van der Waals surface area contributed by atoms with Crippen molar-refractivity contribution in [3.8, 4) is 0 Å². The molecule has 0 spiro atoms. The zero-order valence-corrected chi connectivity index (χ0v) is 11.7. The molecule has 1 aromatic heterocycles. The van der Waals surface area contributed by atoms with Crippen LogP contribution in [-0.4, -0.2) is 25.8 Å². The molecule has 0 bridgehead atoms. The first-order valence-electron chi connectivity index (χ1n) is 4.56. The third-order valence-electron chi connectivity index (χ3n) is 2.06. The lowest BCUT2D eigenvalue weighted by atomic mass is 10.0. The average Bonchev–Trinajstić information content (AvgIpc) is 2.13. The molecule has 9 heteroatoms. The van der Waals surface area contributed by atoms with Crippen LogP contribution in [-0.2, 0) is 19.9 Å². The Morgan fingerprint density at radius 2 is 1.89 bits per heavy atom. The Bertz CT molecular complexity index is 546. The van der Waals surface area contributed by atoms with E-state index < -0.39 is 27.6 Å². The van der Waals surface area contributed by atoms with Crippen LogP contribution < -0.4 is 0 Å². The van der Waals surface area contributed by atoms with E-state index in [1.165, 1.54) is 12.1 Å². The predicted molar refractivity (Wildman–Crippen MR) is 61.3 cm³/mol. The van der Waals surface area contributed by atoms with Crippen LogP contribution in [0, 0.1) is 0 Å². The quantitative estimate of drug-likeness (QED) is 0.622. The highest BCUT2D eigenvalue weighted by atomic mass is 79.9. The SMILES string of the molecule is CC(OS(C)(=O)=O)(c1cccc(Br)n1)C(F)(F)F. The molecule has 0 saturated carbocycles. The van der Waals surface area contributed by atoms with E-state index in [1.807, 2.05) is 0 Å². The van der Waals surface area contributed by atoms with E-state index in [-0.39, 0.29) is 4.60 Å². The van der Waals surface area contributed by atoms with Crippen molar-refractivity contribution >= 4 is 26.0 Å². The van der Waals surface area contributed by atoms with Crippen LogP contribution in [0.3, 0.4) is 0 Å². The largest absolute Gasteiger partial charge is 0.424 e. The van der Waals surface area contributed by atoms with E-state index in [2.05, 4.69) is 25.1 Å². The van der Waals surface area contributed by atoms with Gasteiger partial charge in [-0.2, -0.15) is 21.6 Å². The topological polar surface area (TPSA) is 56.3 Å². The Hall–Kier alpha value is -0.670. The van der Waals surface area contributed by atoms with Crippen molar-refractivity contribution in [1.82, 2.24) is 4.98 Å². The smallest absolute Gasteiger partial charge is 0.248 e. The standard InChI is InChI=1S/C9H9BrF3NO3S/c1-8(9(11,12)13,17-18(2,15)16)6-4-3-5-7(10)14-6/h3-5H,1-2H3. The van der Waals surface area contributed by atoms with Crippen LogP contribution in [0.1, 0.15) is 12.6 Å². The van der Waals surface area contributed by atoms with E-state index in [9.17, 15) is 21.6 Å². The maximum Gasteiger partial charge on any atom is 0.424 e. The number of pyridine rings is 1. The molecule has 0 saturated heterocycles. The van der Waals surface area contributed by atoms with E-state index in [1.54, 1.807) is 0 Å². The van der Waals surface area contributed by atoms with Crippen molar-refractivity contribution < 1.29 is 25.8 Å². The van der Waals surface area contributed by atoms with Gasteiger partial charge in [0, 0.05) is 0 Å². The monoisotopic (exact) mass is 347 g/mol. The van der Waals surface area contributed by atoms with Crippen LogP contribution in [0.4, 0.5) is 13.2 Å². The molecule has 4 nitrogen and oxygen atoms in total. The second kappa shape index (κ2) is 4.78. The van der Waals surface area contributed by atoms with Crippen LogP contribution in [0.5, 0.6) is 0 Å². The summed E-state index contributed by atoms with van der Waals surface area (Å²) >= 11 is 2.92. The first kappa shape index (κ1) is 15.4. The molecule has 0 radical (unpaired) electrons. The summed E-state index contributed by atoms with van der Waals surface area (Å²) in [7, 11) is -4.30. The van der Waals surface area contributed by atoms with E-state index in [0.717, 1.165) is 6.07 Å². The fourth-order valence-electron chi connectivity index (χ4n) is 1.21. The van der Waals surface area contributed by atoms with Crippen LogP contribution in [0.15, 0.2) is 22.8 Å². The van der Waals surface area contributed by atoms with Crippen molar-refractivity contribution in [3.05, 3.63) is 28.5 Å². The number of hydrogen-bond acceptors (Lipinski definition) is 4. The first-order valence-corrected chi connectivity index (χ1v) is 7.17. The second-order valence-corrected chi connectivity index (χ2v) is 6.05. The summed E-state index contributed by atoms with van der Waals surface area (Å²) in [6.07, 6.45) is -4.38. The summed E-state index contributed by atoms with van der Waals surface area (Å²) in [6.45, 7) is 0.614. The maximum atomic E-state index is 13.0. The molecule has 18 heavy (non-hydrogen) atoms. The Labute approximate surface area is 110 Å². The van der Waals surface area contributed by atoms with Gasteiger partial charge >= 0.3 is 6.18 Å². The third-order valence-corrected chi connectivity index (χ3v) is 3.14. The number of nitrogens with zero attached hydrogens (tertiary/aromatic N) is 1. The fourth-order valence-corrected chi connectivity index (χ4v) is 2.34. The maximum absolute atomic E-state index is 13.0. The molecule has 0 aromatic carbocycles. The molecule has 1 heterocycles. The normalized spacial score (nSPS) is 16.3. The number of hydrogen-bond donors (Lipinski definition) is 0. The van der Waals surface area contributed by atoms with Gasteiger partial charge in [0.1, 0.15) is 4.60 Å². The van der Waals surface area contributed by atoms with Crippen molar-refractivity contribution in [2.24, 2.45) is 0 Å². The summed E-state index contributed by atoms with van der Waals surface area (Å²) < 4.78 is 65.3. The van der Waals surface area contributed by atoms with Crippen molar-refractivity contribution in [2.75, 3.05) is 6.26 Å². The average molecular weight is 348 g/mol. The molecule has 1 unspecified atom stereocenters. The van der Waals surface area contributed by atoms with Gasteiger partial charge in [-0.25, -0.2) is 9.17 Å². The van der Waals surface area contributed by atoms with Crippen molar-refractivity contribution in [2.45, 2.75) is 18.7 Å². The van der Waals surface area contributed by atoms with Gasteiger partial charge in [0.2, 0.25) is 5.60 Å². The summed E-state index contributed by atoms with van der Waals surface area (Å²) in [4.78, 5) is 3.60. The van der Waals surface area contributed by atoms with Crippen LogP contribution >= 0.6 is 15.9 Å². The molecule has 0 fully saturated rings. The minimum atomic E-state index is -4.93. The molecule has 1 aromatic rings. The molecular formula is C9H9BrF3NO3S. The van der Waals surface area contributed by atoms with Crippen molar-refractivity contribution in [1.29, 1.82) is 0 Å². The van der Waals surface area contributed by atoms with Crippen LogP contribution in [0.25, 0.3) is 0 Å². The minimum absolute atomic E-state index is 0.146. The van der Waals surface area contributed by atoms with Gasteiger partial charge in [-0.1, -0.05) is 6.07 Å². The molecule has 0 N–H and O–H groups in total. The lowest BCUT2D eigenvalue weighted by Gasteiger charge is -2.30. The molecule has 0 aliphatic heterocycles. The van der Waals surface area contributed by atoms with E-state index in [0.29, 0.717) is 13.2 Å². The van der Waals surface area contributed by atoms with E-state index in [4.69, 9.17) is 0 Å². The van der Waals surface area contributed by atoms with Gasteiger partial charge in [-0.3, -0.25) is 0 Å². The molecular weight excluding hydrogens is 339 g/mol. The van der Waals surface area contributed by atoms with Gasteiger partial charge in [0.15, 0.2) is 0 Å². The first-order chi connectivity index (χ1) is 7.96. The summed E-state index contributed by atoms with van der Waals surface area (Å²) in [5.74, 6) is 0. The number of rotatable bonds is 3. The van der Waals surface area contributed by atoms with Gasteiger partial charge in [-0.05, 0) is 35.0 Å². The minimum Gasteiger partial charge on any atom is -0.248 e. The molecule has 0 aliphatic rings. The number of aromatic nitrogens is 1. The van der Waals surface area contributed by atoms with E-state index >= 15 is 0 Å². The van der Waals surface area contributed by atoms with Gasteiger partial charge in [-0.15, -0.1) is 0 Å². The Kier molecular flexibility index (Phi) is 4.09. The fraction of sp³-hybridized carbons (Fsp3) is 0.444. The molecule has 1 rings (SSSR count). The predicted octanol–water partition coefficient (Wildman–Crippen LogP) is 2.60. The number of alkyl halides is 3. The highest BCUT2D eigenvalue weighted by Gasteiger charge is 2.57. The molecule has 0 aliphatic carbocycles. The Morgan fingerprint density at radius 1 is 1.33 bits per heavy atom. The lowest BCUT2D eigenvalue weighted by molar-refractivity contribution is -0.247. The highest BCUT2D eigenvalue weighted by Crippen LogP contribution is 2.42. The lowest BCUT2D eigenvalue weighted by Crippen LogP contribution is -2.44. The molecule has 1 atom stereocenters. The molecule has 0 amide bonds. The van der Waals surface area contributed by atoms with Crippen molar-refractivity contribution in [3.63, 3.8) is 0 Å². The zero-order chi connectivity index (χ0) is 14.2. The highest BCUT2D eigenvalue weighted by molar-refractivity contribution is 9.10. The zero-order valence-electron chi connectivity index (χ0n) is 9.32. The Morgan fingerprint density at radius 3 is 2.28 bits per heavy atom. The van der Waals surface area contributed by atoms with Gasteiger partial charge < -0.3 is 0 Å². The molecule has 102 valence electrons. The summed E-state index contributed by atoms with van der Waals surface area (Å²) in [5.41, 5.74) is -3.57.